The predicted octanol–water partition coefficient (Wildman–Crippen LogP) is 2.84. The zero-order chi connectivity index (χ0) is 17.9. The van der Waals surface area contributed by atoms with Crippen molar-refractivity contribution >= 4 is 21.5 Å². The number of benzene rings is 2. The van der Waals surface area contributed by atoms with E-state index in [0.29, 0.717) is 5.56 Å². The first-order valence-electron chi connectivity index (χ1n) is 7.00. The van der Waals surface area contributed by atoms with Gasteiger partial charge in [0.1, 0.15) is 0 Å². The van der Waals surface area contributed by atoms with E-state index in [4.69, 9.17) is 4.74 Å². The molecule has 0 aliphatic carbocycles. The van der Waals surface area contributed by atoms with Crippen molar-refractivity contribution in [1.82, 2.24) is 0 Å². The van der Waals surface area contributed by atoms with Crippen LogP contribution in [0, 0.1) is 10.1 Å². The number of nitrogens with zero attached hydrogens (tertiary/aromatic N) is 1. The van der Waals surface area contributed by atoms with E-state index in [9.17, 15) is 23.3 Å². The Bertz CT molecular complexity index is 890. The largest absolute Gasteiger partial charge is 0.462 e. The van der Waals surface area contributed by atoms with Crippen LogP contribution in [0.4, 0.5) is 5.69 Å². The van der Waals surface area contributed by atoms with Gasteiger partial charge >= 0.3 is 5.97 Å². The maximum absolute atomic E-state index is 12.2. The number of rotatable bonds is 5. The van der Waals surface area contributed by atoms with Gasteiger partial charge in [-0.2, -0.15) is 0 Å². The molecule has 2 aromatic rings. The van der Waals surface area contributed by atoms with E-state index in [1.165, 1.54) is 0 Å². The molecule has 7 nitrogen and oxygen atoms in total. The van der Waals surface area contributed by atoms with Crippen molar-refractivity contribution < 1.29 is 22.9 Å². The Morgan fingerprint density at radius 2 is 1.83 bits per heavy atom. The Labute approximate surface area is 139 Å². The van der Waals surface area contributed by atoms with Gasteiger partial charge in [-0.3, -0.25) is 10.1 Å². The Kier molecular flexibility index (Phi) is 4.99. The van der Waals surface area contributed by atoms with E-state index in [1.54, 1.807) is 37.3 Å². The molecule has 24 heavy (non-hydrogen) atoms. The quantitative estimate of drug-likeness (QED) is 0.467. The van der Waals surface area contributed by atoms with E-state index in [-0.39, 0.29) is 22.6 Å². The molecule has 0 aliphatic heterocycles. The molecule has 0 fully saturated rings. The molecule has 8 heteroatoms. The van der Waals surface area contributed by atoms with Gasteiger partial charge in [0.05, 0.1) is 27.6 Å². The molecule has 0 saturated carbocycles. The van der Waals surface area contributed by atoms with Gasteiger partial charge in [-0.25, -0.2) is 13.2 Å². The SMILES string of the molecule is CCOC(=O)c1cc([N+](=O)[O-])c(-c2ccccc2)c(S(C)(=O)=O)c1. The van der Waals surface area contributed by atoms with Crippen LogP contribution in [0.1, 0.15) is 17.3 Å². The molecule has 0 atom stereocenters. The molecule has 0 aromatic heterocycles. The number of sulfone groups is 1. The lowest BCUT2D eigenvalue weighted by atomic mass is 10.0. The lowest BCUT2D eigenvalue weighted by Crippen LogP contribution is -2.10. The summed E-state index contributed by atoms with van der Waals surface area (Å²) in [5, 5.41) is 11.5. The third-order valence-electron chi connectivity index (χ3n) is 3.25. The van der Waals surface area contributed by atoms with E-state index >= 15 is 0 Å². The topological polar surface area (TPSA) is 104 Å². The van der Waals surface area contributed by atoms with E-state index in [0.717, 1.165) is 18.4 Å². The zero-order valence-corrected chi connectivity index (χ0v) is 13.9. The zero-order valence-electron chi connectivity index (χ0n) is 13.1. The van der Waals surface area contributed by atoms with Crippen molar-refractivity contribution in [3.8, 4) is 11.1 Å². The molecule has 0 N–H and O–H groups in total. The summed E-state index contributed by atoms with van der Waals surface area (Å²) in [7, 11) is -3.82. The fourth-order valence-electron chi connectivity index (χ4n) is 2.26. The number of carbonyl (C=O) groups is 1. The van der Waals surface area contributed by atoms with Gasteiger partial charge in [0.15, 0.2) is 9.84 Å². The van der Waals surface area contributed by atoms with Crippen LogP contribution in [0.3, 0.4) is 0 Å². The van der Waals surface area contributed by atoms with Crippen LogP contribution in [0.2, 0.25) is 0 Å². The Hall–Kier alpha value is -2.74. The van der Waals surface area contributed by atoms with Gasteiger partial charge in [-0.15, -0.1) is 0 Å². The van der Waals surface area contributed by atoms with Gasteiger partial charge in [-0.05, 0) is 18.6 Å². The third kappa shape index (κ3) is 3.60. The fourth-order valence-corrected chi connectivity index (χ4v) is 3.20. The van der Waals surface area contributed by atoms with Crippen LogP contribution in [-0.4, -0.2) is 32.2 Å². The number of nitro benzene ring substituents is 1. The summed E-state index contributed by atoms with van der Waals surface area (Å²) in [6, 6.07) is 10.3. The summed E-state index contributed by atoms with van der Waals surface area (Å²) < 4.78 is 29.1. The molecule has 0 aliphatic rings. The number of esters is 1. The summed E-state index contributed by atoms with van der Waals surface area (Å²) in [5.41, 5.74) is -0.313. The maximum Gasteiger partial charge on any atom is 0.338 e. The molecule has 0 heterocycles. The monoisotopic (exact) mass is 349 g/mol. The smallest absolute Gasteiger partial charge is 0.338 e. The van der Waals surface area contributed by atoms with Crippen LogP contribution < -0.4 is 0 Å². The fraction of sp³-hybridized carbons (Fsp3) is 0.188. The van der Waals surface area contributed by atoms with Crippen LogP contribution in [0.5, 0.6) is 0 Å². The van der Waals surface area contributed by atoms with Crippen molar-refractivity contribution in [3.05, 3.63) is 58.1 Å². The summed E-state index contributed by atoms with van der Waals surface area (Å²) in [6.07, 6.45) is 0.938. The summed E-state index contributed by atoms with van der Waals surface area (Å²) in [4.78, 5) is 22.4. The highest BCUT2D eigenvalue weighted by molar-refractivity contribution is 7.90. The number of nitro groups is 1. The van der Waals surface area contributed by atoms with Crippen LogP contribution in [0.15, 0.2) is 47.4 Å². The molecule has 0 saturated heterocycles. The summed E-state index contributed by atoms with van der Waals surface area (Å²) in [6.45, 7) is 1.66. The second-order valence-corrected chi connectivity index (χ2v) is 6.97. The highest BCUT2D eigenvalue weighted by atomic mass is 32.2. The van der Waals surface area contributed by atoms with Crippen LogP contribution in [-0.2, 0) is 14.6 Å². The second kappa shape index (κ2) is 6.79. The number of ether oxygens (including phenoxy) is 1. The molecule has 126 valence electrons. The average Bonchev–Trinajstić information content (AvgIpc) is 2.53. The molecule has 0 amide bonds. The summed E-state index contributed by atoms with van der Waals surface area (Å²) >= 11 is 0. The Morgan fingerprint density at radius 3 is 2.33 bits per heavy atom. The van der Waals surface area contributed by atoms with Crippen LogP contribution >= 0.6 is 0 Å². The van der Waals surface area contributed by atoms with Crippen molar-refractivity contribution in [1.29, 1.82) is 0 Å². The highest BCUT2D eigenvalue weighted by Crippen LogP contribution is 2.37. The molecule has 0 spiro atoms. The second-order valence-electron chi connectivity index (χ2n) is 4.98. The van der Waals surface area contributed by atoms with E-state index in [1.807, 2.05) is 0 Å². The predicted molar refractivity (Wildman–Crippen MR) is 87.6 cm³/mol. The molecular weight excluding hydrogens is 334 g/mol. The third-order valence-corrected chi connectivity index (χ3v) is 4.37. The normalized spacial score (nSPS) is 11.1. The Morgan fingerprint density at radius 1 is 1.21 bits per heavy atom. The molecule has 0 unspecified atom stereocenters. The molecule has 2 rings (SSSR count). The first kappa shape index (κ1) is 17.6. The van der Waals surface area contributed by atoms with Crippen molar-refractivity contribution in [2.75, 3.05) is 12.9 Å². The molecule has 2 aromatic carbocycles. The van der Waals surface area contributed by atoms with E-state index < -0.39 is 26.4 Å². The van der Waals surface area contributed by atoms with Crippen molar-refractivity contribution in [2.24, 2.45) is 0 Å². The molecular formula is C16H15NO6S. The maximum atomic E-state index is 12.2. The number of carbonyl (C=O) groups excluding carboxylic acids is 1. The van der Waals surface area contributed by atoms with Gasteiger partial charge in [-0.1, -0.05) is 30.3 Å². The van der Waals surface area contributed by atoms with Gasteiger partial charge in [0.25, 0.3) is 5.69 Å². The first-order valence-corrected chi connectivity index (χ1v) is 8.90. The lowest BCUT2D eigenvalue weighted by molar-refractivity contribution is -0.384. The van der Waals surface area contributed by atoms with Gasteiger partial charge < -0.3 is 4.74 Å². The average molecular weight is 349 g/mol. The standard InChI is InChI=1S/C16H15NO6S/c1-3-23-16(18)12-9-13(17(19)20)15(11-7-5-4-6-8-11)14(10-12)24(2,21)22/h4-10H,3H2,1-2H3. The van der Waals surface area contributed by atoms with Crippen molar-refractivity contribution in [2.45, 2.75) is 11.8 Å². The van der Waals surface area contributed by atoms with Gasteiger partial charge in [0.2, 0.25) is 0 Å². The number of hydrogen-bond donors (Lipinski definition) is 0. The molecule has 0 bridgehead atoms. The molecule has 0 radical (unpaired) electrons. The van der Waals surface area contributed by atoms with E-state index in [2.05, 4.69) is 0 Å². The minimum Gasteiger partial charge on any atom is -0.462 e. The lowest BCUT2D eigenvalue weighted by Gasteiger charge is -2.11. The van der Waals surface area contributed by atoms with Crippen LogP contribution in [0.25, 0.3) is 11.1 Å². The number of hydrogen-bond acceptors (Lipinski definition) is 6. The minimum absolute atomic E-state index is 0.0452. The van der Waals surface area contributed by atoms with Gasteiger partial charge in [0, 0.05) is 12.3 Å². The van der Waals surface area contributed by atoms with Crippen molar-refractivity contribution in [3.63, 3.8) is 0 Å². The first-order chi connectivity index (χ1) is 11.3. The summed E-state index contributed by atoms with van der Waals surface area (Å²) in [5.74, 6) is -0.815. The Balaban J connectivity index is 2.87. The minimum atomic E-state index is -3.82. The highest BCUT2D eigenvalue weighted by Gasteiger charge is 2.28.